The summed E-state index contributed by atoms with van der Waals surface area (Å²) < 4.78 is 2.12. The Morgan fingerprint density at radius 1 is 0.543 bits per heavy atom. The van der Waals surface area contributed by atoms with Gasteiger partial charge in [-0.15, -0.1) is 0 Å². The van der Waals surface area contributed by atoms with Gasteiger partial charge in [-0.1, -0.05) is 54.6 Å². The quantitative estimate of drug-likeness (QED) is 0.278. The van der Waals surface area contributed by atoms with Crippen LogP contribution >= 0.6 is 0 Å². The number of rotatable bonds is 3. The van der Waals surface area contributed by atoms with Crippen molar-refractivity contribution in [1.82, 2.24) is 24.3 Å². The summed E-state index contributed by atoms with van der Waals surface area (Å²) in [4.78, 5) is 19.1. The molecular weight excluding hydrogens is 430 g/mol. The van der Waals surface area contributed by atoms with E-state index >= 15 is 0 Å². The first-order valence-corrected chi connectivity index (χ1v) is 11.5. The van der Waals surface area contributed by atoms with Crippen molar-refractivity contribution in [3.8, 4) is 33.9 Å². The zero-order chi connectivity index (χ0) is 23.2. The third-order valence-electron chi connectivity index (χ3n) is 6.30. The molecule has 5 heterocycles. The van der Waals surface area contributed by atoms with Gasteiger partial charge >= 0.3 is 0 Å². The Bertz CT molecular complexity index is 1850. The van der Waals surface area contributed by atoms with Crippen LogP contribution in [0, 0.1) is 0 Å². The van der Waals surface area contributed by atoms with Gasteiger partial charge in [-0.2, -0.15) is 0 Å². The van der Waals surface area contributed by atoms with E-state index in [2.05, 4.69) is 69.0 Å². The van der Waals surface area contributed by atoms with Gasteiger partial charge in [0.1, 0.15) is 11.3 Å². The molecule has 0 aliphatic carbocycles. The minimum atomic E-state index is 0.845. The summed E-state index contributed by atoms with van der Waals surface area (Å²) >= 11 is 0. The molecule has 164 valence electrons. The lowest BCUT2D eigenvalue weighted by molar-refractivity contribution is 1.19. The molecule has 0 saturated carbocycles. The average Bonchev–Trinajstić information content (AvgIpc) is 3.33. The summed E-state index contributed by atoms with van der Waals surface area (Å²) in [6.07, 6.45) is 5.67. The van der Waals surface area contributed by atoms with E-state index in [1.54, 1.807) is 6.20 Å². The van der Waals surface area contributed by atoms with Crippen molar-refractivity contribution >= 4 is 27.5 Å². The first-order chi connectivity index (χ1) is 17.3. The molecular formula is C30H19N5. The molecule has 7 rings (SSSR count). The zero-order valence-electron chi connectivity index (χ0n) is 18.7. The monoisotopic (exact) mass is 449 g/mol. The summed E-state index contributed by atoms with van der Waals surface area (Å²) in [6, 6.07) is 32.8. The van der Waals surface area contributed by atoms with Crippen molar-refractivity contribution in [2.24, 2.45) is 0 Å². The number of fused-ring (bicyclic) bond motifs is 4. The van der Waals surface area contributed by atoms with E-state index in [0.29, 0.717) is 0 Å². The lowest BCUT2D eigenvalue weighted by atomic mass is 10.0. The van der Waals surface area contributed by atoms with Crippen LogP contribution < -0.4 is 0 Å². The molecule has 0 aliphatic rings. The van der Waals surface area contributed by atoms with Gasteiger partial charge in [0.2, 0.25) is 0 Å². The highest BCUT2D eigenvalue weighted by Gasteiger charge is 2.17. The fraction of sp³-hybridized carbons (Fsp3) is 0. The van der Waals surface area contributed by atoms with Crippen LogP contribution in [0.15, 0.2) is 116 Å². The molecule has 0 N–H and O–H groups in total. The molecule has 2 aromatic carbocycles. The Morgan fingerprint density at radius 2 is 1.37 bits per heavy atom. The number of benzene rings is 2. The van der Waals surface area contributed by atoms with E-state index in [9.17, 15) is 0 Å². The highest BCUT2D eigenvalue weighted by atomic mass is 15.0. The van der Waals surface area contributed by atoms with E-state index in [1.807, 2.05) is 54.9 Å². The first kappa shape index (κ1) is 19.6. The fourth-order valence-electron chi connectivity index (χ4n) is 4.66. The van der Waals surface area contributed by atoms with Crippen LogP contribution in [-0.4, -0.2) is 24.3 Å². The third-order valence-corrected chi connectivity index (χ3v) is 6.30. The van der Waals surface area contributed by atoms with Crippen molar-refractivity contribution in [3.05, 3.63) is 116 Å². The maximum atomic E-state index is 5.04. The second-order valence-corrected chi connectivity index (χ2v) is 8.44. The molecule has 5 nitrogen and oxygen atoms in total. The van der Waals surface area contributed by atoms with E-state index in [1.165, 1.54) is 0 Å². The van der Waals surface area contributed by atoms with Crippen molar-refractivity contribution in [1.29, 1.82) is 0 Å². The second kappa shape index (κ2) is 7.85. The Hall–Kier alpha value is -4.90. The van der Waals surface area contributed by atoms with Gasteiger partial charge in [0, 0.05) is 40.5 Å². The van der Waals surface area contributed by atoms with Gasteiger partial charge in [0.15, 0.2) is 0 Å². The van der Waals surface area contributed by atoms with Crippen LogP contribution in [0.4, 0.5) is 0 Å². The third kappa shape index (κ3) is 3.25. The predicted molar refractivity (Wildman–Crippen MR) is 140 cm³/mol. The summed E-state index contributed by atoms with van der Waals surface area (Å²) in [5.41, 5.74) is 8.43. The molecule has 35 heavy (non-hydrogen) atoms. The summed E-state index contributed by atoms with van der Waals surface area (Å²) in [5.74, 6) is 0. The fourth-order valence-corrected chi connectivity index (χ4v) is 4.66. The Balaban J connectivity index is 1.43. The number of nitrogens with zero attached hydrogens (tertiary/aromatic N) is 5. The van der Waals surface area contributed by atoms with Gasteiger partial charge < -0.3 is 0 Å². The van der Waals surface area contributed by atoms with Crippen molar-refractivity contribution < 1.29 is 0 Å². The van der Waals surface area contributed by atoms with E-state index in [4.69, 9.17) is 9.97 Å². The van der Waals surface area contributed by atoms with Crippen LogP contribution in [0.2, 0.25) is 0 Å². The normalized spacial score (nSPS) is 11.4. The first-order valence-electron chi connectivity index (χ1n) is 11.5. The number of imidazole rings is 1. The molecule has 0 amide bonds. The highest BCUT2D eigenvalue weighted by molar-refractivity contribution is 6.03. The molecule has 0 saturated heterocycles. The maximum absolute atomic E-state index is 5.04. The van der Waals surface area contributed by atoms with Gasteiger partial charge in [-0.25, -0.2) is 9.97 Å². The number of pyridine rings is 4. The molecule has 0 bridgehead atoms. The molecule has 0 spiro atoms. The van der Waals surface area contributed by atoms with Crippen molar-refractivity contribution in [2.45, 2.75) is 0 Å². The van der Waals surface area contributed by atoms with Gasteiger partial charge in [-0.3, -0.25) is 14.4 Å². The predicted octanol–water partition coefficient (Wildman–Crippen LogP) is 6.83. The molecule has 0 fully saturated rings. The molecule has 5 heteroatoms. The molecule has 0 radical (unpaired) electrons. The van der Waals surface area contributed by atoms with E-state index in [-0.39, 0.29) is 0 Å². The van der Waals surface area contributed by atoms with Crippen molar-refractivity contribution in [3.63, 3.8) is 0 Å². The summed E-state index contributed by atoms with van der Waals surface area (Å²) in [5, 5.41) is 2.17. The Morgan fingerprint density at radius 3 is 2.29 bits per heavy atom. The molecule has 0 aliphatic heterocycles. The van der Waals surface area contributed by atoms with E-state index in [0.717, 1.165) is 61.4 Å². The zero-order valence-corrected chi connectivity index (χ0v) is 18.7. The Labute approximate surface area is 201 Å². The topological polar surface area (TPSA) is 56.0 Å². The van der Waals surface area contributed by atoms with Crippen LogP contribution in [0.25, 0.3) is 61.4 Å². The van der Waals surface area contributed by atoms with Crippen LogP contribution in [-0.2, 0) is 0 Å². The lowest BCUT2D eigenvalue weighted by Crippen LogP contribution is -1.92. The largest absolute Gasteiger partial charge is 0.299 e. The van der Waals surface area contributed by atoms with Gasteiger partial charge in [0.05, 0.1) is 28.1 Å². The summed E-state index contributed by atoms with van der Waals surface area (Å²) in [6.45, 7) is 0. The average molecular weight is 450 g/mol. The molecule has 5 aromatic heterocycles. The smallest absolute Gasteiger partial charge is 0.138 e. The van der Waals surface area contributed by atoms with Crippen LogP contribution in [0.1, 0.15) is 0 Å². The Kier molecular flexibility index (Phi) is 4.39. The van der Waals surface area contributed by atoms with Gasteiger partial charge in [-0.05, 0) is 42.5 Å². The SMILES string of the molecule is c1ccc(-c2nc3ccccn3c2-c2cccc(-c3ccc4ccc5cccnc5c4n3)c2)nc1. The molecule has 0 unspecified atom stereocenters. The maximum Gasteiger partial charge on any atom is 0.138 e. The summed E-state index contributed by atoms with van der Waals surface area (Å²) in [7, 11) is 0. The minimum Gasteiger partial charge on any atom is -0.299 e. The highest BCUT2D eigenvalue weighted by Crippen LogP contribution is 2.34. The molecule has 7 aromatic rings. The number of hydrogen-bond donors (Lipinski definition) is 0. The lowest BCUT2D eigenvalue weighted by Gasteiger charge is -2.09. The van der Waals surface area contributed by atoms with Crippen LogP contribution in [0.3, 0.4) is 0 Å². The van der Waals surface area contributed by atoms with E-state index < -0.39 is 0 Å². The standard InChI is InChI=1S/C30H19N5/c1-3-16-31-25(10-1)29-30(35-18-4-2-11-26(35)34-29)23-8-5-7-22(19-23)24-15-14-21-13-12-20-9-6-17-32-27(20)28(21)33-24/h1-19H. The van der Waals surface area contributed by atoms with Crippen LogP contribution in [0.5, 0.6) is 0 Å². The minimum absolute atomic E-state index is 0.845. The second-order valence-electron chi connectivity index (χ2n) is 8.44. The molecule has 0 atom stereocenters. The number of aromatic nitrogens is 5. The number of hydrogen-bond acceptors (Lipinski definition) is 4. The van der Waals surface area contributed by atoms with Gasteiger partial charge in [0.25, 0.3) is 0 Å². The van der Waals surface area contributed by atoms with Crippen molar-refractivity contribution in [2.75, 3.05) is 0 Å².